The number of hydrogen-bond donors (Lipinski definition) is 1. The van der Waals surface area contributed by atoms with Crippen LogP contribution < -0.4 is 5.32 Å². The number of ether oxygens (including phenoxy) is 2. The van der Waals surface area contributed by atoms with Gasteiger partial charge in [0, 0.05) is 23.9 Å². The molecule has 2 aliphatic rings. The number of nitrogens with zero attached hydrogens (tertiary/aromatic N) is 1. The minimum Gasteiger partial charge on any atom is -0.462 e. The third-order valence-corrected chi connectivity index (χ3v) is 5.79. The molecule has 0 unspecified atom stereocenters. The topological polar surface area (TPSA) is 77.5 Å². The summed E-state index contributed by atoms with van der Waals surface area (Å²) in [6, 6.07) is 8.01. The van der Waals surface area contributed by atoms with Crippen LogP contribution in [0, 0.1) is 12.3 Å². The smallest absolute Gasteiger partial charge is 0.324 e. The van der Waals surface area contributed by atoms with Crippen LogP contribution in [0.2, 0.25) is 0 Å². The predicted octanol–water partition coefficient (Wildman–Crippen LogP) is 3.68. The first-order valence-electron chi connectivity index (χ1n) is 8.55. The molecule has 1 aromatic carbocycles. The largest absolute Gasteiger partial charge is 0.462 e. The summed E-state index contributed by atoms with van der Waals surface area (Å²) < 4.78 is 10.9. The van der Waals surface area contributed by atoms with Crippen molar-refractivity contribution in [2.75, 3.05) is 5.32 Å². The number of cyclic esters (lactones) is 2. The van der Waals surface area contributed by atoms with Gasteiger partial charge in [-0.25, -0.2) is 4.98 Å². The van der Waals surface area contributed by atoms with Crippen molar-refractivity contribution in [3.05, 3.63) is 40.9 Å². The number of anilines is 2. The molecule has 1 N–H and O–H groups in total. The van der Waals surface area contributed by atoms with Gasteiger partial charge in [0.15, 0.2) is 16.1 Å². The van der Waals surface area contributed by atoms with E-state index < -0.39 is 23.0 Å². The van der Waals surface area contributed by atoms with Crippen molar-refractivity contribution in [2.45, 2.75) is 45.3 Å². The molecule has 0 bridgehead atoms. The number of aromatic nitrogens is 1. The SMILES string of the molecule is Cc1ccc(Nc2nc([C@]3(C)C[C@@]4(C[C@H](C)OC4=O)C(=O)O3)cs2)cc1. The standard InChI is InChI=1S/C19H20N2O4S/c1-11-4-6-13(7-5-11)20-17-21-14(9-26-17)18(3)10-19(16(23)25-18)8-12(2)24-15(19)22/h4-7,9,12H,8,10H2,1-3H3,(H,20,21)/t12-,18-,19+/m0/s1. The molecule has 2 aromatic rings. The van der Waals surface area contributed by atoms with Crippen molar-refractivity contribution < 1.29 is 19.1 Å². The molecule has 136 valence electrons. The van der Waals surface area contributed by atoms with E-state index in [4.69, 9.17) is 9.47 Å². The fourth-order valence-electron chi connectivity index (χ4n) is 3.69. The maximum absolute atomic E-state index is 12.5. The maximum Gasteiger partial charge on any atom is 0.324 e. The molecular formula is C19H20N2O4S. The number of benzene rings is 1. The van der Waals surface area contributed by atoms with E-state index in [0.717, 1.165) is 5.69 Å². The van der Waals surface area contributed by atoms with Gasteiger partial charge >= 0.3 is 11.9 Å². The number of carbonyl (C=O) groups excluding carboxylic acids is 2. The van der Waals surface area contributed by atoms with Crippen LogP contribution in [0.4, 0.5) is 10.8 Å². The number of aryl methyl sites for hydroxylation is 1. The van der Waals surface area contributed by atoms with Gasteiger partial charge < -0.3 is 14.8 Å². The third kappa shape index (κ3) is 2.67. The summed E-state index contributed by atoms with van der Waals surface area (Å²) in [5.41, 5.74) is 0.653. The van der Waals surface area contributed by atoms with Crippen LogP contribution >= 0.6 is 11.3 Å². The van der Waals surface area contributed by atoms with Gasteiger partial charge in [-0.1, -0.05) is 17.7 Å². The Labute approximate surface area is 155 Å². The van der Waals surface area contributed by atoms with Crippen molar-refractivity contribution in [2.24, 2.45) is 5.41 Å². The van der Waals surface area contributed by atoms with Gasteiger partial charge in [0.1, 0.15) is 6.10 Å². The average molecular weight is 372 g/mol. The van der Waals surface area contributed by atoms with E-state index in [2.05, 4.69) is 10.3 Å². The maximum atomic E-state index is 12.5. The second kappa shape index (κ2) is 5.81. The normalized spacial score (nSPS) is 30.5. The van der Waals surface area contributed by atoms with Crippen LogP contribution in [-0.4, -0.2) is 23.0 Å². The Morgan fingerprint density at radius 2 is 1.96 bits per heavy atom. The zero-order chi connectivity index (χ0) is 18.5. The van der Waals surface area contributed by atoms with Gasteiger partial charge in [-0.05, 0) is 32.9 Å². The lowest BCUT2D eigenvalue weighted by molar-refractivity contribution is -0.160. The molecule has 26 heavy (non-hydrogen) atoms. The van der Waals surface area contributed by atoms with Gasteiger partial charge in [-0.3, -0.25) is 9.59 Å². The van der Waals surface area contributed by atoms with Crippen molar-refractivity contribution in [3.63, 3.8) is 0 Å². The molecular weight excluding hydrogens is 352 g/mol. The average Bonchev–Trinajstić information content (AvgIpc) is 3.22. The van der Waals surface area contributed by atoms with Crippen molar-refractivity contribution in [3.8, 4) is 0 Å². The Bertz CT molecular complexity index is 878. The molecule has 7 heteroatoms. The Morgan fingerprint density at radius 3 is 2.62 bits per heavy atom. The van der Waals surface area contributed by atoms with Crippen molar-refractivity contribution >= 4 is 34.1 Å². The highest BCUT2D eigenvalue weighted by Gasteiger charge is 2.65. The van der Waals surface area contributed by atoms with E-state index in [-0.39, 0.29) is 12.5 Å². The highest BCUT2D eigenvalue weighted by Crippen LogP contribution is 2.52. The minimum absolute atomic E-state index is 0.260. The van der Waals surface area contributed by atoms with Crippen LogP contribution in [0.15, 0.2) is 29.6 Å². The van der Waals surface area contributed by atoms with Gasteiger partial charge in [0.25, 0.3) is 0 Å². The second-order valence-electron chi connectivity index (χ2n) is 7.33. The van der Waals surface area contributed by atoms with Crippen LogP contribution in [0.1, 0.15) is 37.9 Å². The number of thiazole rings is 1. The predicted molar refractivity (Wildman–Crippen MR) is 97.2 cm³/mol. The molecule has 2 fully saturated rings. The second-order valence-corrected chi connectivity index (χ2v) is 8.19. The molecule has 0 radical (unpaired) electrons. The highest BCUT2D eigenvalue weighted by molar-refractivity contribution is 7.13. The summed E-state index contributed by atoms with van der Waals surface area (Å²) in [4.78, 5) is 29.4. The Morgan fingerprint density at radius 1 is 1.23 bits per heavy atom. The Balaban J connectivity index is 1.56. The summed E-state index contributed by atoms with van der Waals surface area (Å²) in [6.07, 6.45) is 0.348. The number of rotatable bonds is 3. The Kier molecular flexibility index (Phi) is 3.80. The molecule has 0 aliphatic carbocycles. The van der Waals surface area contributed by atoms with E-state index in [9.17, 15) is 9.59 Å². The number of esters is 2. The lowest BCUT2D eigenvalue weighted by atomic mass is 9.78. The number of hydrogen-bond acceptors (Lipinski definition) is 7. The molecule has 0 saturated carbocycles. The van der Waals surface area contributed by atoms with E-state index in [0.29, 0.717) is 17.2 Å². The molecule has 2 aliphatic heterocycles. The zero-order valence-electron chi connectivity index (χ0n) is 14.9. The monoisotopic (exact) mass is 372 g/mol. The summed E-state index contributed by atoms with van der Waals surface area (Å²) in [7, 11) is 0. The fraction of sp³-hybridized carbons (Fsp3) is 0.421. The molecule has 6 nitrogen and oxygen atoms in total. The lowest BCUT2D eigenvalue weighted by Gasteiger charge is -2.20. The molecule has 1 aromatic heterocycles. The van der Waals surface area contributed by atoms with E-state index in [1.54, 1.807) is 13.8 Å². The lowest BCUT2D eigenvalue weighted by Crippen LogP contribution is -2.31. The fourth-order valence-corrected chi connectivity index (χ4v) is 4.54. The third-order valence-electron chi connectivity index (χ3n) is 5.03. The molecule has 0 amide bonds. The first kappa shape index (κ1) is 17.0. The first-order valence-corrected chi connectivity index (χ1v) is 9.43. The molecule has 4 rings (SSSR count). The summed E-state index contributed by atoms with van der Waals surface area (Å²) >= 11 is 1.44. The van der Waals surface area contributed by atoms with Gasteiger partial charge in [0.2, 0.25) is 0 Å². The molecule has 2 saturated heterocycles. The van der Waals surface area contributed by atoms with Crippen LogP contribution in [0.25, 0.3) is 0 Å². The highest BCUT2D eigenvalue weighted by atomic mass is 32.1. The summed E-state index contributed by atoms with van der Waals surface area (Å²) in [5, 5.41) is 5.84. The number of nitrogens with one attached hydrogen (secondary N) is 1. The van der Waals surface area contributed by atoms with E-state index in [1.165, 1.54) is 16.9 Å². The van der Waals surface area contributed by atoms with Gasteiger partial charge in [0.05, 0.1) is 5.69 Å². The summed E-state index contributed by atoms with van der Waals surface area (Å²) in [5.74, 6) is -0.984. The van der Waals surface area contributed by atoms with Crippen molar-refractivity contribution in [1.82, 2.24) is 4.98 Å². The van der Waals surface area contributed by atoms with E-state index >= 15 is 0 Å². The number of carbonyl (C=O) groups is 2. The van der Waals surface area contributed by atoms with Gasteiger partial charge in [-0.2, -0.15) is 0 Å². The molecule has 1 spiro atoms. The molecule has 3 atom stereocenters. The van der Waals surface area contributed by atoms with E-state index in [1.807, 2.05) is 36.6 Å². The first-order chi connectivity index (χ1) is 12.3. The van der Waals surface area contributed by atoms with Crippen LogP contribution in [-0.2, 0) is 24.7 Å². The molecule has 3 heterocycles. The quantitative estimate of drug-likeness (QED) is 0.654. The zero-order valence-corrected chi connectivity index (χ0v) is 15.7. The minimum atomic E-state index is -1.19. The van der Waals surface area contributed by atoms with Gasteiger partial charge in [-0.15, -0.1) is 11.3 Å². The van der Waals surface area contributed by atoms with Crippen LogP contribution in [0.3, 0.4) is 0 Å². The van der Waals surface area contributed by atoms with Crippen molar-refractivity contribution in [1.29, 1.82) is 0 Å². The Hall–Kier alpha value is -2.41. The van der Waals surface area contributed by atoms with Crippen LogP contribution in [0.5, 0.6) is 0 Å². The summed E-state index contributed by atoms with van der Waals surface area (Å²) in [6.45, 7) is 5.63.